The van der Waals surface area contributed by atoms with Crippen LogP contribution in [-0.2, 0) is 33.2 Å². The molecule has 17 unspecified atom stereocenters. The van der Waals surface area contributed by atoms with Crippen molar-refractivity contribution in [2.75, 3.05) is 26.4 Å². The Hall–Kier alpha value is -4.33. The number of amides is 1. The van der Waals surface area contributed by atoms with Gasteiger partial charge in [0.15, 0.2) is 18.9 Å². The van der Waals surface area contributed by atoms with Gasteiger partial charge in [0.2, 0.25) is 5.91 Å². The maximum Gasteiger partial charge on any atom is 0.220 e. The SMILES string of the molecule is CC/C=C\C/C=C\C/C=C\C/C=C\C/C=C\C/C=C\C/C=C\C/C=C\C/C=C\CCCCCCCCCCCC(=O)NC(COC1OC(CO)C(OC2OC(CO)C(OC3OC(CO)C(O)C(O)C3O)C(O)C2O)C(O)C1O)C(O)/C=C/CC/C=C/CC/C=C/CCCCCCCCCCCCCCCCCCCC. The van der Waals surface area contributed by atoms with Crippen LogP contribution in [0.4, 0.5) is 0 Å². The standard InChI is InChI=1S/C91H153NO18/c1-3-5-7-9-11-13-15-17-19-21-23-25-27-29-31-33-34-35-36-37-38-39-40-41-43-45-47-49-51-53-55-57-59-61-63-65-67-69-79(97)92-74(75(96)68-66-64-62-60-58-56-54-52-50-48-46-44-42-32-30-28-26-24-22-20-18-16-14-12-10-8-6-4-2)73-105-89-85(103)82(100)87(77(71-94)107-89)110-91-86(104)83(101)88(78(72-95)108-91)109-90-84(102)81(99)80(98)76(70-93)106-90/h5,7,11,13,17,19,23,25,29,31,34-35,37-38,40-41,45,47,50,52,58,60,66,68,74-78,80-91,93-96,98-104H,3-4,6,8-10,12,14-16,18,20-22,24,26-28,30,32-33,36,39,42-44,46,48-49,51,53-57,59,61-65,67,69-73H2,1-2H3,(H,92,97)/b7-5-,13-11-,19-17-,25-23-,31-29-,35-34-,38-37-,41-40-,47-45-,52-50+,60-58+,68-66+. The van der Waals surface area contributed by atoms with Crippen molar-refractivity contribution in [2.45, 2.75) is 394 Å². The Kier molecular flexibility index (Phi) is 62.7. The van der Waals surface area contributed by atoms with E-state index in [1.165, 1.54) is 141 Å². The summed E-state index contributed by atoms with van der Waals surface area (Å²) in [6.45, 7) is 1.60. The third-order valence-electron chi connectivity index (χ3n) is 20.3. The number of hydrogen-bond donors (Lipinski definition) is 12. The van der Waals surface area contributed by atoms with Crippen LogP contribution >= 0.6 is 0 Å². The van der Waals surface area contributed by atoms with Gasteiger partial charge in [0, 0.05) is 6.42 Å². The lowest BCUT2D eigenvalue weighted by molar-refractivity contribution is -0.379. The number of aliphatic hydroxyl groups is 11. The summed E-state index contributed by atoms with van der Waals surface area (Å²) in [4.78, 5) is 13.5. The number of ether oxygens (including phenoxy) is 6. The first-order chi connectivity index (χ1) is 53.8. The Morgan fingerprint density at radius 3 is 1.02 bits per heavy atom. The normalized spacial score (nSPS) is 25.9. The fraction of sp³-hybridized carbons (Fsp3) is 0.725. The van der Waals surface area contributed by atoms with Gasteiger partial charge in [-0.05, 0) is 116 Å². The summed E-state index contributed by atoms with van der Waals surface area (Å²) in [5.41, 5.74) is 0. The van der Waals surface area contributed by atoms with Crippen LogP contribution < -0.4 is 5.32 Å². The molecular formula is C91H153NO18. The molecule has 0 radical (unpaired) electrons. The number of nitrogens with one attached hydrogen (secondary N) is 1. The lowest BCUT2D eigenvalue weighted by Crippen LogP contribution is -2.66. The Balaban J connectivity index is 1.37. The number of carbonyl (C=O) groups is 1. The van der Waals surface area contributed by atoms with Crippen LogP contribution in [0.3, 0.4) is 0 Å². The molecule has 19 heteroatoms. The van der Waals surface area contributed by atoms with Crippen molar-refractivity contribution in [3.05, 3.63) is 146 Å². The summed E-state index contributed by atoms with van der Waals surface area (Å²) < 4.78 is 34.5. The summed E-state index contributed by atoms with van der Waals surface area (Å²) >= 11 is 0. The third kappa shape index (κ3) is 47.5. The molecular weight excluding hydrogens is 1390 g/mol. The smallest absolute Gasteiger partial charge is 0.220 e. The van der Waals surface area contributed by atoms with Crippen LogP contribution in [0.2, 0.25) is 0 Å². The summed E-state index contributed by atoms with van der Waals surface area (Å²) in [5.74, 6) is -0.300. The van der Waals surface area contributed by atoms with Crippen LogP contribution in [0.1, 0.15) is 290 Å². The summed E-state index contributed by atoms with van der Waals surface area (Å²) in [6.07, 6.45) is 74.1. The average Bonchev–Trinajstić information content (AvgIpc) is 0.784. The Morgan fingerprint density at radius 2 is 0.636 bits per heavy atom. The molecule has 0 aromatic heterocycles. The summed E-state index contributed by atoms with van der Waals surface area (Å²) in [6, 6.07) is -1.01. The first kappa shape index (κ1) is 99.9. The molecule has 19 nitrogen and oxygen atoms in total. The minimum absolute atomic E-state index is 0.215. The van der Waals surface area contributed by atoms with Gasteiger partial charge in [-0.25, -0.2) is 0 Å². The van der Waals surface area contributed by atoms with Crippen molar-refractivity contribution in [2.24, 2.45) is 0 Å². The predicted octanol–water partition coefficient (Wildman–Crippen LogP) is 15.8. The molecule has 3 rings (SSSR count). The topological polar surface area (TPSA) is 307 Å². The van der Waals surface area contributed by atoms with Gasteiger partial charge in [-0.15, -0.1) is 0 Å². The van der Waals surface area contributed by atoms with Crippen molar-refractivity contribution < 1.29 is 89.4 Å². The van der Waals surface area contributed by atoms with Gasteiger partial charge in [0.05, 0.1) is 38.6 Å². The molecule has 0 saturated carbocycles. The van der Waals surface area contributed by atoms with Crippen LogP contribution in [-0.4, -0.2) is 193 Å². The zero-order chi connectivity index (χ0) is 79.5. The molecule has 0 bridgehead atoms. The molecule has 0 spiro atoms. The highest BCUT2D eigenvalue weighted by Gasteiger charge is 2.54. The Labute approximate surface area is 663 Å². The van der Waals surface area contributed by atoms with E-state index >= 15 is 0 Å². The second-order valence-corrected chi connectivity index (χ2v) is 29.9. The zero-order valence-corrected chi connectivity index (χ0v) is 67.7. The second-order valence-electron chi connectivity index (χ2n) is 29.9. The molecule has 17 atom stereocenters. The molecule has 0 aliphatic carbocycles. The van der Waals surface area contributed by atoms with Gasteiger partial charge in [0.25, 0.3) is 0 Å². The molecule has 630 valence electrons. The van der Waals surface area contributed by atoms with E-state index in [9.17, 15) is 61.0 Å². The van der Waals surface area contributed by atoms with Crippen molar-refractivity contribution in [1.29, 1.82) is 0 Å². The van der Waals surface area contributed by atoms with Crippen LogP contribution in [0.5, 0.6) is 0 Å². The number of rotatable bonds is 67. The second kappa shape index (κ2) is 69.0. The Bertz CT molecular complexity index is 2560. The van der Waals surface area contributed by atoms with Gasteiger partial charge in [-0.3, -0.25) is 4.79 Å². The van der Waals surface area contributed by atoms with Gasteiger partial charge >= 0.3 is 0 Å². The first-order valence-corrected chi connectivity index (χ1v) is 43.1. The van der Waals surface area contributed by atoms with Crippen LogP contribution in [0.25, 0.3) is 0 Å². The average molecular weight is 1550 g/mol. The fourth-order valence-corrected chi connectivity index (χ4v) is 13.5. The monoisotopic (exact) mass is 1550 g/mol. The highest BCUT2D eigenvalue weighted by atomic mass is 16.8. The molecule has 0 aromatic rings. The largest absolute Gasteiger partial charge is 0.394 e. The maximum atomic E-state index is 13.5. The molecule has 12 N–H and O–H groups in total. The molecule has 3 fully saturated rings. The zero-order valence-electron chi connectivity index (χ0n) is 67.7. The van der Waals surface area contributed by atoms with Crippen molar-refractivity contribution in [3.8, 4) is 0 Å². The van der Waals surface area contributed by atoms with E-state index in [0.717, 1.165) is 116 Å². The van der Waals surface area contributed by atoms with E-state index < -0.39 is 124 Å². The van der Waals surface area contributed by atoms with Crippen LogP contribution in [0, 0.1) is 0 Å². The molecule has 3 saturated heterocycles. The van der Waals surface area contributed by atoms with E-state index in [1.54, 1.807) is 6.08 Å². The Morgan fingerprint density at radius 1 is 0.336 bits per heavy atom. The molecule has 110 heavy (non-hydrogen) atoms. The van der Waals surface area contributed by atoms with Gasteiger partial charge in [0.1, 0.15) is 73.2 Å². The molecule has 3 aliphatic heterocycles. The molecule has 1 amide bonds. The molecule has 3 aliphatic rings. The number of hydrogen-bond acceptors (Lipinski definition) is 18. The first-order valence-electron chi connectivity index (χ1n) is 43.1. The minimum Gasteiger partial charge on any atom is -0.394 e. The van der Waals surface area contributed by atoms with Gasteiger partial charge in [-0.2, -0.15) is 0 Å². The highest BCUT2D eigenvalue weighted by Crippen LogP contribution is 2.33. The third-order valence-corrected chi connectivity index (χ3v) is 20.3. The molecule has 3 heterocycles. The number of carbonyl (C=O) groups excluding carboxylic acids is 1. The fourth-order valence-electron chi connectivity index (χ4n) is 13.5. The number of allylic oxidation sites excluding steroid dienone is 23. The highest BCUT2D eigenvalue weighted by molar-refractivity contribution is 5.76. The van der Waals surface area contributed by atoms with Crippen molar-refractivity contribution in [3.63, 3.8) is 0 Å². The lowest BCUT2D eigenvalue weighted by atomic mass is 9.96. The lowest BCUT2D eigenvalue weighted by Gasteiger charge is -2.48. The van der Waals surface area contributed by atoms with E-state index in [-0.39, 0.29) is 18.9 Å². The maximum absolute atomic E-state index is 13.5. The number of aliphatic hydroxyl groups excluding tert-OH is 11. The van der Waals surface area contributed by atoms with Gasteiger partial charge < -0.3 is 89.9 Å². The van der Waals surface area contributed by atoms with E-state index in [1.807, 2.05) is 6.08 Å². The van der Waals surface area contributed by atoms with Crippen LogP contribution in [0.15, 0.2) is 146 Å². The van der Waals surface area contributed by atoms with Crippen molar-refractivity contribution >= 4 is 5.91 Å². The quantitative estimate of drug-likeness (QED) is 0.0199. The number of unbranched alkanes of at least 4 members (excludes halogenated alkanes) is 29. The van der Waals surface area contributed by atoms with E-state index in [4.69, 9.17) is 28.4 Å². The predicted molar refractivity (Wildman–Crippen MR) is 442 cm³/mol. The summed E-state index contributed by atoms with van der Waals surface area (Å²) in [5, 5.41) is 121. The van der Waals surface area contributed by atoms with E-state index in [2.05, 4.69) is 153 Å². The van der Waals surface area contributed by atoms with Gasteiger partial charge in [-0.1, -0.05) is 314 Å². The minimum atomic E-state index is -1.99. The van der Waals surface area contributed by atoms with Crippen molar-refractivity contribution in [1.82, 2.24) is 5.32 Å². The van der Waals surface area contributed by atoms with E-state index in [0.29, 0.717) is 12.8 Å². The molecule has 0 aromatic carbocycles. The summed E-state index contributed by atoms with van der Waals surface area (Å²) in [7, 11) is 0.